The average molecular weight is 218 g/mol. The highest BCUT2D eigenvalue weighted by Gasteiger charge is 2.11. The van der Waals surface area contributed by atoms with Crippen LogP contribution in [0, 0.1) is 0 Å². The van der Waals surface area contributed by atoms with Gasteiger partial charge in [0.05, 0.1) is 0 Å². The van der Waals surface area contributed by atoms with Gasteiger partial charge in [-0.1, -0.05) is 0 Å². The number of rotatable bonds is 7. The molecule has 0 aliphatic heterocycles. The molecule has 0 aromatic heterocycles. The Morgan fingerprint density at radius 3 is 2.83 bits per heavy atom. The van der Waals surface area contributed by atoms with E-state index in [2.05, 4.69) is 5.32 Å². The molecule has 12 heavy (non-hydrogen) atoms. The quantitative estimate of drug-likeness (QED) is 0.348. The van der Waals surface area contributed by atoms with Crippen LogP contribution in [0.3, 0.4) is 0 Å². The topological polar surface area (TPSA) is 95.6 Å². The third kappa shape index (κ3) is 10.4. The standard InChI is InChI=1S/C5H15N2O3PS/c6-2-1-3-7-4-5-12-11(8,9)10/h7H,1-6H2,(H2,8,9,10)/i4D2,5D2. The number of nitrogens with one attached hydrogen (secondary N) is 1. The molecule has 0 radical (unpaired) electrons. The van der Waals surface area contributed by atoms with Gasteiger partial charge in [0.25, 0.3) is 0 Å². The second-order valence-electron chi connectivity index (χ2n) is 1.88. The Hall–Kier alpha value is 0.420. The van der Waals surface area contributed by atoms with Crippen LogP contribution in [-0.4, -0.2) is 35.1 Å². The second-order valence-corrected chi connectivity index (χ2v) is 5.22. The molecule has 0 amide bonds. The fourth-order valence-corrected chi connectivity index (χ4v) is 1.10. The van der Waals surface area contributed by atoms with E-state index >= 15 is 0 Å². The first kappa shape index (κ1) is 6.81. The van der Waals surface area contributed by atoms with Gasteiger partial charge in [-0.2, -0.15) is 0 Å². The van der Waals surface area contributed by atoms with Crippen LogP contribution in [0.15, 0.2) is 0 Å². The van der Waals surface area contributed by atoms with E-state index in [0.29, 0.717) is 13.0 Å². The maximum atomic E-state index is 10.6. The molecule has 7 heteroatoms. The van der Waals surface area contributed by atoms with Crippen molar-refractivity contribution in [3.05, 3.63) is 0 Å². The first-order valence-electron chi connectivity index (χ1n) is 5.23. The summed E-state index contributed by atoms with van der Waals surface area (Å²) < 4.78 is 39.9. The molecule has 0 aromatic rings. The van der Waals surface area contributed by atoms with E-state index in [9.17, 15) is 4.57 Å². The van der Waals surface area contributed by atoms with Crippen LogP contribution in [0.2, 0.25) is 0 Å². The summed E-state index contributed by atoms with van der Waals surface area (Å²) in [4.78, 5) is 17.2. The molecular formula is C5H15N2O3PS. The highest BCUT2D eigenvalue weighted by molar-refractivity contribution is 8.54. The molecular weight excluding hydrogens is 199 g/mol. The van der Waals surface area contributed by atoms with Gasteiger partial charge < -0.3 is 20.8 Å². The predicted octanol–water partition coefficient (Wildman–Crippen LogP) is -0.249. The van der Waals surface area contributed by atoms with Crippen molar-refractivity contribution in [1.29, 1.82) is 0 Å². The Bertz CT molecular complexity index is 274. The summed E-state index contributed by atoms with van der Waals surface area (Å²) in [7, 11) is 0. The summed E-state index contributed by atoms with van der Waals surface area (Å²) in [5.41, 5.74) is 2.45. The number of hydrogen-bond acceptors (Lipinski definition) is 4. The molecule has 0 fully saturated rings. The summed E-state index contributed by atoms with van der Waals surface area (Å²) in [6, 6.07) is 0. The lowest BCUT2D eigenvalue weighted by molar-refractivity contribution is 0.397. The normalized spacial score (nSPS) is 19.2. The third-order valence-corrected chi connectivity index (χ3v) is 2.23. The summed E-state index contributed by atoms with van der Waals surface area (Å²) in [5, 5.41) is 2.24. The van der Waals surface area contributed by atoms with Gasteiger partial charge >= 0.3 is 6.80 Å². The fourth-order valence-electron chi connectivity index (χ4n) is 0.371. The minimum Gasteiger partial charge on any atom is -0.330 e. The Morgan fingerprint density at radius 1 is 1.67 bits per heavy atom. The molecule has 5 N–H and O–H groups in total. The van der Waals surface area contributed by atoms with Crippen LogP contribution in [0.5, 0.6) is 0 Å². The van der Waals surface area contributed by atoms with E-state index in [-0.39, 0.29) is 17.9 Å². The third-order valence-electron chi connectivity index (χ3n) is 0.810. The van der Waals surface area contributed by atoms with Crippen LogP contribution < -0.4 is 11.1 Å². The van der Waals surface area contributed by atoms with Crippen molar-refractivity contribution < 1.29 is 19.8 Å². The van der Waals surface area contributed by atoms with Crippen molar-refractivity contribution in [3.8, 4) is 0 Å². The summed E-state index contributed by atoms with van der Waals surface area (Å²) >= 11 is -0.345. The molecule has 0 unspecified atom stereocenters. The van der Waals surface area contributed by atoms with Gasteiger partial charge in [0.2, 0.25) is 0 Å². The zero-order chi connectivity index (χ0) is 13.0. The van der Waals surface area contributed by atoms with E-state index in [4.69, 9.17) is 21.0 Å². The highest BCUT2D eigenvalue weighted by atomic mass is 32.7. The smallest absolute Gasteiger partial charge is 0.330 e. The van der Waals surface area contributed by atoms with Crippen LogP contribution in [-0.2, 0) is 4.57 Å². The predicted molar refractivity (Wildman–Crippen MR) is 51.0 cm³/mol. The summed E-state index contributed by atoms with van der Waals surface area (Å²) in [6.45, 7) is -6.79. The van der Waals surface area contributed by atoms with Crippen molar-refractivity contribution >= 4 is 18.2 Å². The number of hydrogen-bond donors (Lipinski definition) is 4. The van der Waals surface area contributed by atoms with Gasteiger partial charge in [-0.3, -0.25) is 0 Å². The molecule has 0 aliphatic carbocycles. The molecule has 0 saturated heterocycles. The molecule has 0 spiro atoms. The molecule has 0 rings (SSSR count). The number of nitrogens with two attached hydrogens (primary N) is 1. The van der Waals surface area contributed by atoms with Crippen molar-refractivity contribution in [2.75, 3.05) is 25.3 Å². The van der Waals surface area contributed by atoms with Gasteiger partial charge in [-0.25, -0.2) is 4.57 Å². The largest absolute Gasteiger partial charge is 0.384 e. The Balaban J connectivity index is 4.51. The van der Waals surface area contributed by atoms with Crippen molar-refractivity contribution in [1.82, 2.24) is 5.32 Å². The SMILES string of the molecule is [2H]C([2H])(NCCCN)C([2H])([2H])SP(=O)(O)O. The van der Waals surface area contributed by atoms with Gasteiger partial charge in [0, 0.05) is 17.7 Å². The molecule has 74 valence electrons. The molecule has 0 aliphatic rings. The van der Waals surface area contributed by atoms with E-state index in [0.717, 1.165) is 0 Å². The zero-order valence-corrected chi connectivity index (χ0v) is 8.07. The molecule has 0 heterocycles. The monoisotopic (exact) mass is 218 g/mol. The van der Waals surface area contributed by atoms with Gasteiger partial charge in [-0.05, 0) is 30.9 Å². The van der Waals surface area contributed by atoms with Gasteiger partial charge in [0.1, 0.15) is 0 Å². The molecule has 0 aromatic carbocycles. The lowest BCUT2D eigenvalue weighted by Gasteiger charge is -2.04. The minimum absolute atomic E-state index is 0.130. The van der Waals surface area contributed by atoms with Crippen LogP contribution in [0.1, 0.15) is 11.9 Å². The van der Waals surface area contributed by atoms with Crippen LogP contribution in [0.25, 0.3) is 0 Å². The maximum Gasteiger partial charge on any atom is 0.384 e. The van der Waals surface area contributed by atoms with Gasteiger partial charge in [-0.15, -0.1) is 0 Å². The van der Waals surface area contributed by atoms with Crippen LogP contribution >= 0.6 is 18.2 Å². The fraction of sp³-hybridized carbons (Fsp3) is 1.00. The Morgan fingerprint density at radius 2 is 2.33 bits per heavy atom. The molecule has 0 bridgehead atoms. The Kier molecular flexibility index (Phi) is 3.91. The lowest BCUT2D eigenvalue weighted by atomic mass is 10.4. The highest BCUT2D eigenvalue weighted by Crippen LogP contribution is 2.49. The van der Waals surface area contributed by atoms with Crippen LogP contribution in [0.4, 0.5) is 0 Å². The average Bonchev–Trinajstić information content (AvgIpc) is 1.99. The van der Waals surface area contributed by atoms with Crippen molar-refractivity contribution in [3.63, 3.8) is 0 Å². The van der Waals surface area contributed by atoms with Crippen molar-refractivity contribution in [2.24, 2.45) is 5.73 Å². The zero-order valence-electron chi connectivity index (χ0n) is 10.4. The second kappa shape index (κ2) is 6.88. The first-order valence-corrected chi connectivity index (χ1v) is 6.27. The summed E-state index contributed by atoms with van der Waals surface area (Å²) in [6.07, 6.45) is 0.441. The lowest BCUT2D eigenvalue weighted by Crippen LogP contribution is -2.20. The Labute approximate surface area is 81.6 Å². The van der Waals surface area contributed by atoms with E-state index in [1.165, 1.54) is 0 Å². The van der Waals surface area contributed by atoms with Gasteiger partial charge in [0.15, 0.2) is 0 Å². The maximum absolute atomic E-state index is 10.6. The van der Waals surface area contributed by atoms with E-state index in [1.807, 2.05) is 0 Å². The van der Waals surface area contributed by atoms with E-state index in [1.54, 1.807) is 0 Å². The van der Waals surface area contributed by atoms with E-state index < -0.39 is 19.0 Å². The summed E-state index contributed by atoms with van der Waals surface area (Å²) in [5.74, 6) is 0. The molecule has 0 atom stereocenters. The first-order chi connectivity index (χ1) is 7.02. The molecule has 5 nitrogen and oxygen atoms in total. The van der Waals surface area contributed by atoms with Crippen molar-refractivity contribution in [2.45, 2.75) is 6.42 Å². The minimum atomic E-state index is -4.69. The molecule has 0 saturated carbocycles.